The third kappa shape index (κ3) is 5.92. The van der Waals surface area contributed by atoms with E-state index in [1.807, 2.05) is 74.0 Å². The number of carbonyl (C=O) groups is 1. The maximum atomic E-state index is 13.9. The summed E-state index contributed by atoms with van der Waals surface area (Å²) in [6.45, 7) is 10.6. The molecule has 4 aromatic rings. The Labute approximate surface area is 240 Å². The highest BCUT2D eigenvalue weighted by atomic mass is 32.2. The average molecular weight is 554 g/mol. The van der Waals surface area contributed by atoms with Gasteiger partial charge in [0.1, 0.15) is 18.4 Å². The molecule has 2 heterocycles. The maximum absolute atomic E-state index is 13.9. The number of nitrogens with zero attached hydrogens (tertiary/aromatic N) is 3. The van der Waals surface area contributed by atoms with Gasteiger partial charge in [0.15, 0.2) is 0 Å². The van der Waals surface area contributed by atoms with Crippen molar-refractivity contribution in [3.05, 3.63) is 106 Å². The van der Waals surface area contributed by atoms with E-state index in [2.05, 4.69) is 42.7 Å². The van der Waals surface area contributed by atoms with Crippen LogP contribution < -0.4 is 15.4 Å². The van der Waals surface area contributed by atoms with E-state index in [9.17, 15) is 4.79 Å². The second kappa shape index (κ2) is 12.0. The van der Waals surface area contributed by atoms with Gasteiger partial charge in [0.2, 0.25) is 11.1 Å². The Morgan fingerprint density at radius 2 is 1.85 bits per heavy atom. The number of allylic oxidation sites excluding steroid dienone is 1. The molecular formula is C32H35N5O2S. The molecule has 5 rings (SSSR count). The molecule has 1 aromatic heterocycles. The summed E-state index contributed by atoms with van der Waals surface area (Å²) in [6, 6.07) is 21.7. The largest absolute Gasteiger partial charge is 0.489 e. The second-order valence-electron chi connectivity index (χ2n) is 10.1. The lowest BCUT2D eigenvalue weighted by Gasteiger charge is -2.29. The first-order chi connectivity index (χ1) is 19.3. The molecule has 1 atom stereocenters. The molecule has 0 aliphatic carbocycles. The molecule has 206 valence electrons. The van der Waals surface area contributed by atoms with Crippen molar-refractivity contribution in [3.63, 3.8) is 0 Å². The summed E-state index contributed by atoms with van der Waals surface area (Å²) in [7, 11) is 0. The third-order valence-electron chi connectivity index (χ3n) is 6.97. The minimum Gasteiger partial charge on any atom is -0.489 e. The normalized spacial score (nSPS) is 14.5. The lowest BCUT2D eigenvalue weighted by Crippen LogP contribution is -2.31. The Morgan fingerprint density at radius 1 is 1.02 bits per heavy atom. The van der Waals surface area contributed by atoms with E-state index < -0.39 is 6.04 Å². The Hall–Kier alpha value is -4.04. The fourth-order valence-corrected chi connectivity index (χ4v) is 5.52. The van der Waals surface area contributed by atoms with Gasteiger partial charge >= 0.3 is 0 Å². The number of amides is 1. The van der Waals surface area contributed by atoms with E-state index in [-0.39, 0.29) is 5.91 Å². The summed E-state index contributed by atoms with van der Waals surface area (Å²) >= 11 is 1.61. The number of hydrogen-bond donors (Lipinski definition) is 2. The minimum atomic E-state index is -0.479. The summed E-state index contributed by atoms with van der Waals surface area (Å²) < 4.78 is 8.04. The van der Waals surface area contributed by atoms with Crippen LogP contribution in [0.15, 0.2) is 83.2 Å². The quantitative estimate of drug-likeness (QED) is 0.213. The number of ether oxygens (including phenoxy) is 1. The molecular weight excluding hydrogens is 518 g/mol. The molecule has 0 radical (unpaired) electrons. The highest BCUT2D eigenvalue weighted by Gasteiger charge is 2.34. The van der Waals surface area contributed by atoms with Crippen LogP contribution in [0.4, 0.5) is 11.6 Å². The Bertz CT molecular complexity index is 1580. The van der Waals surface area contributed by atoms with Crippen molar-refractivity contribution in [3.8, 4) is 5.75 Å². The van der Waals surface area contributed by atoms with Crippen molar-refractivity contribution in [2.75, 3.05) is 16.4 Å². The van der Waals surface area contributed by atoms with E-state index in [1.165, 1.54) is 5.56 Å². The monoisotopic (exact) mass is 553 g/mol. The van der Waals surface area contributed by atoms with Gasteiger partial charge in [-0.25, -0.2) is 4.68 Å². The first-order valence-corrected chi connectivity index (χ1v) is 14.6. The first kappa shape index (κ1) is 27.5. The number of benzene rings is 3. The van der Waals surface area contributed by atoms with Crippen LogP contribution in [0.3, 0.4) is 0 Å². The fourth-order valence-electron chi connectivity index (χ4n) is 4.84. The summed E-state index contributed by atoms with van der Waals surface area (Å²) in [5.41, 5.74) is 7.49. The molecule has 2 N–H and O–H groups in total. The predicted octanol–water partition coefficient (Wildman–Crippen LogP) is 7.21. The van der Waals surface area contributed by atoms with Crippen LogP contribution in [0.2, 0.25) is 0 Å². The van der Waals surface area contributed by atoms with Crippen LogP contribution in [0.25, 0.3) is 0 Å². The Kier molecular flexibility index (Phi) is 8.26. The van der Waals surface area contributed by atoms with Crippen LogP contribution in [0, 0.1) is 20.8 Å². The topological polar surface area (TPSA) is 81.1 Å². The molecule has 1 aliphatic rings. The van der Waals surface area contributed by atoms with Crippen molar-refractivity contribution >= 4 is 29.3 Å². The van der Waals surface area contributed by atoms with Gasteiger partial charge in [-0.3, -0.25) is 4.79 Å². The van der Waals surface area contributed by atoms with Gasteiger partial charge in [0.25, 0.3) is 5.91 Å². The van der Waals surface area contributed by atoms with Crippen molar-refractivity contribution in [1.29, 1.82) is 0 Å². The molecule has 8 heteroatoms. The second-order valence-corrected chi connectivity index (χ2v) is 11.2. The van der Waals surface area contributed by atoms with Crippen LogP contribution in [-0.2, 0) is 11.4 Å². The van der Waals surface area contributed by atoms with Gasteiger partial charge in [0, 0.05) is 17.1 Å². The zero-order chi connectivity index (χ0) is 28.2. The predicted molar refractivity (Wildman–Crippen MR) is 162 cm³/mol. The number of thioether (sulfide) groups is 1. The van der Waals surface area contributed by atoms with Crippen molar-refractivity contribution in [2.45, 2.75) is 58.8 Å². The van der Waals surface area contributed by atoms with Crippen LogP contribution in [0.1, 0.15) is 54.1 Å². The summed E-state index contributed by atoms with van der Waals surface area (Å²) in [4.78, 5) is 18.6. The SMILES string of the molecule is CCCSc1nc2n(n1)C(c1cccc(OCc3ccccc3C)c1)C(C(=O)Nc1ccc(C)cc1C)=C(C)N2. The molecule has 40 heavy (non-hydrogen) atoms. The summed E-state index contributed by atoms with van der Waals surface area (Å²) in [5.74, 6) is 2.09. The molecule has 0 fully saturated rings. The molecule has 1 unspecified atom stereocenters. The van der Waals surface area contributed by atoms with Gasteiger partial charge in [0.05, 0.1) is 5.57 Å². The molecule has 1 amide bonds. The molecule has 0 saturated carbocycles. The van der Waals surface area contributed by atoms with E-state index in [4.69, 9.17) is 14.8 Å². The number of hydrogen-bond acceptors (Lipinski definition) is 6. The molecule has 0 bridgehead atoms. The number of anilines is 2. The van der Waals surface area contributed by atoms with Crippen LogP contribution >= 0.6 is 11.8 Å². The summed E-state index contributed by atoms with van der Waals surface area (Å²) in [5, 5.41) is 12.0. The van der Waals surface area contributed by atoms with Gasteiger partial charge in [-0.1, -0.05) is 72.8 Å². The number of carbonyl (C=O) groups excluding carboxylic acids is 1. The van der Waals surface area contributed by atoms with Crippen molar-refractivity contribution in [1.82, 2.24) is 14.8 Å². The number of aromatic nitrogens is 3. The smallest absolute Gasteiger partial charge is 0.255 e. The molecule has 7 nitrogen and oxygen atoms in total. The van der Waals surface area contributed by atoms with Crippen molar-refractivity contribution < 1.29 is 9.53 Å². The van der Waals surface area contributed by atoms with Gasteiger partial charge in [-0.15, -0.1) is 5.10 Å². The van der Waals surface area contributed by atoms with Gasteiger partial charge in [-0.2, -0.15) is 4.98 Å². The van der Waals surface area contributed by atoms with E-state index >= 15 is 0 Å². The fraction of sp³-hybridized carbons (Fsp3) is 0.281. The number of nitrogens with one attached hydrogen (secondary N) is 2. The molecule has 3 aromatic carbocycles. The number of rotatable bonds is 9. The molecule has 0 saturated heterocycles. The molecule has 1 aliphatic heterocycles. The summed E-state index contributed by atoms with van der Waals surface area (Å²) in [6.07, 6.45) is 1.02. The number of aryl methyl sites for hydroxylation is 3. The lowest BCUT2D eigenvalue weighted by atomic mass is 9.94. The Morgan fingerprint density at radius 3 is 2.62 bits per heavy atom. The maximum Gasteiger partial charge on any atom is 0.255 e. The van der Waals surface area contributed by atoms with Gasteiger partial charge in [-0.05, 0) is 74.6 Å². The lowest BCUT2D eigenvalue weighted by molar-refractivity contribution is -0.113. The first-order valence-electron chi connectivity index (χ1n) is 13.6. The van der Waals surface area contributed by atoms with Crippen LogP contribution in [-0.4, -0.2) is 26.4 Å². The average Bonchev–Trinajstić information content (AvgIpc) is 3.34. The van der Waals surface area contributed by atoms with Gasteiger partial charge < -0.3 is 15.4 Å². The van der Waals surface area contributed by atoms with E-state index in [1.54, 1.807) is 11.8 Å². The van der Waals surface area contributed by atoms with E-state index in [0.29, 0.717) is 23.3 Å². The zero-order valence-corrected chi connectivity index (χ0v) is 24.4. The minimum absolute atomic E-state index is 0.183. The highest BCUT2D eigenvalue weighted by Crippen LogP contribution is 2.38. The standard InChI is InChI=1S/C32H35N5O2S/c1-6-16-40-32-35-31-33-23(5)28(30(38)34-27-15-14-20(2)17-22(27)4)29(37(31)36-32)24-12-9-13-26(18-24)39-19-25-11-8-7-10-21(25)3/h7-15,17-18,29H,6,16,19H2,1-5H3,(H,34,38)(H,33,35,36). The molecule has 0 spiro atoms. The van der Waals surface area contributed by atoms with Crippen molar-refractivity contribution in [2.24, 2.45) is 0 Å². The highest BCUT2D eigenvalue weighted by molar-refractivity contribution is 7.99. The third-order valence-corrected chi connectivity index (χ3v) is 8.02. The zero-order valence-electron chi connectivity index (χ0n) is 23.6. The van der Waals surface area contributed by atoms with E-state index in [0.717, 1.165) is 51.6 Å². The van der Waals surface area contributed by atoms with Crippen LogP contribution in [0.5, 0.6) is 5.75 Å². The number of fused-ring (bicyclic) bond motifs is 1. The Balaban J connectivity index is 1.51.